The Bertz CT molecular complexity index is 566. The van der Waals surface area contributed by atoms with Crippen LogP contribution in [0.15, 0.2) is 18.2 Å². The Balaban J connectivity index is 1.54. The molecule has 0 bridgehead atoms. The highest BCUT2D eigenvalue weighted by Gasteiger charge is 2.20. The molecular weight excluding hydrogens is 387 g/mol. The van der Waals surface area contributed by atoms with Crippen molar-refractivity contribution in [1.82, 2.24) is 0 Å². The maximum atomic E-state index is 14.3. The summed E-state index contributed by atoms with van der Waals surface area (Å²) < 4.78 is 25.7. The number of rotatable bonds is 17. The molecule has 1 aromatic carbocycles. The molecule has 3 heteroatoms. The van der Waals surface area contributed by atoms with Gasteiger partial charge in [-0.05, 0) is 43.2 Å². The maximum Gasteiger partial charge on any atom is 0.168 e. The maximum absolute atomic E-state index is 14.3. The summed E-state index contributed by atoms with van der Waals surface area (Å²) in [6.07, 6.45) is 20.7. The molecule has 0 heterocycles. The summed E-state index contributed by atoms with van der Waals surface area (Å²) >= 11 is 0. The molecule has 0 unspecified atom stereocenters. The first kappa shape index (κ1) is 26.0. The first-order valence-electron chi connectivity index (χ1n) is 13.3. The molecule has 0 radical (unpaired) electrons. The molecule has 1 aromatic rings. The zero-order valence-corrected chi connectivity index (χ0v) is 20.3. The molecule has 0 amide bonds. The normalized spacial score (nSPS) is 18.8. The third-order valence-corrected chi connectivity index (χ3v) is 6.87. The highest BCUT2D eigenvalue weighted by Crippen LogP contribution is 2.34. The van der Waals surface area contributed by atoms with Gasteiger partial charge < -0.3 is 9.47 Å². The zero-order chi connectivity index (χ0) is 22.2. The monoisotopic (exact) mass is 434 g/mol. The summed E-state index contributed by atoms with van der Waals surface area (Å²) in [5.74, 6) is 2.48. The van der Waals surface area contributed by atoms with Gasteiger partial charge in [0, 0.05) is 6.07 Å². The summed E-state index contributed by atoms with van der Waals surface area (Å²) in [4.78, 5) is 0. The number of hydrogen-bond donors (Lipinski definition) is 0. The van der Waals surface area contributed by atoms with E-state index in [-0.39, 0.29) is 5.82 Å². The van der Waals surface area contributed by atoms with Gasteiger partial charge in [-0.25, -0.2) is 4.39 Å². The third kappa shape index (κ3) is 11.3. The lowest BCUT2D eigenvalue weighted by Gasteiger charge is -2.28. The van der Waals surface area contributed by atoms with E-state index in [4.69, 9.17) is 9.47 Å². The van der Waals surface area contributed by atoms with E-state index in [0.29, 0.717) is 24.7 Å². The fraction of sp³-hybridized carbons (Fsp3) is 0.786. The van der Waals surface area contributed by atoms with E-state index in [1.165, 1.54) is 89.5 Å². The number of halogens is 1. The molecule has 0 saturated heterocycles. The van der Waals surface area contributed by atoms with Crippen molar-refractivity contribution in [2.75, 3.05) is 13.2 Å². The zero-order valence-electron chi connectivity index (χ0n) is 20.3. The van der Waals surface area contributed by atoms with E-state index in [9.17, 15) is 4.39 Å². The average molecular weight is 435 g/mol. The van der Waals surface area contributed by atoms with Crippen LogP contribution in [0.3, 0.4) is 0 Å². The molecule has 1 aliphatic carbocycles. The van der Waals surface area contributed by atoms with Crippen molar-refractivity contribution >= 4 is 0 Å². The Kier molecular flexibility index (Phi) is 13.8. The van der Waals surface area contributed by atoms with Crippen LogP contribution in [-0.4, -0.2) is 13.2 Å². The SMILES string of the molecule is CCCCCCCCOc1ccc(OCCC[C@H]2CC[C@H](CCCCC)CC2)cc1F. The second-order valence-electron chi connectivity index (χ2n) is 9.58. The summed E-state index contributed by atoms with van der Waals surface area (Å²) in [5, 5.41) is 0. The van der Waals surface area contributed by atoms with Crippen LogP contribution in [0.2, 0.25) is 0 Å². The van der Waals surface area contributed by atoms with Crippen molar-refractivity contribution < 1.29 is 13.9 Å². The summed E-state index contributed by atoms with van der Waals surface area (Å²) in [7, 11) is 0. The molecule has 0 aliphatic heterocycles. The van der Waals surface area contributed by atoms with E-state index in [0.717, 1.165) is 31.1 Å². The van der Waals surface area contributed by atoms with Gasteiger partial charge in [0.2, 0.25) is 0 Å². The predicted molar refractivity (Wildman–Crippen MR) is 130 cm³/mol. The Labute approximate surface area is 191 Å². The lowest BCUT2D eigenvalue weighted by Crippen LogP contribution is -2.15. The van der Waals surface area contributed by atoms with E-state index in [1.807, 2.05) is 6.07 Å². The van der Waals surface area contributed by atoms with Crippen molar-refractivity contribution in [2.24, 2.45) is 11.8 Å². The summed E-state index contributed by atoms with van der Waals surface area (Å²) in [6, 6.07) is 5.01. The van der Waals surface area contributed by atoms with Crippen LogP contribution >= 0.6 is 0 Å². The minimum atomic E-state index is -0.315. The van der Waals surface area contributed by atoms with Gasteiger partial charge in [0.05, 0.1) is 13.2 Å². The molecular formula is C28H47FO2. The number of ether oxygens (including phenoxy) is 2. The predicted octanol–water partition coefficient (Wildman–Crippen LogP) is 9.11. The van der Waals surface area contributed by atoms with Gasteiger partial charge in [0.1, 0.15) is 5.75 Å². The van der Waals surface area contributed by atoms with Crippen molar-refractivity contribution in [3.05, 3.63) is 24.0 Å². The second kappa shape index (κ2) is 16.4. The van der Waals surface area contributed by atoms with E-state index >= 15 is 0 Å². The highest BCUT2D eigenvalue weighted by molar-refractivity contribution is 5.33. The quantitative estimate of drug-likeness (QED) is 0.228. The smallest absolute Gasteiger partial charge is 0.168 e. The first-order chi connectivity index (χ1) is 15.2. The van der Waals surface area contributed by atoms with Crippen molar-refractivity contribution in [3.8, 4) is 11.5 Å². The van der Waals surface area contributed by atoms with Crippen LogP contribution < -0.4 is 9.47 Å². The molecule has 0 atom stereocenters. The van der Waals surface area contributed by atoms with Crippen molar-refractivity contribution in [2.45, 2.75) is 117 Å². The highest BCUT2D eigenvalue weighted by atomic mass is 19.1. The molecule has 2 rings (SSSR count). The average Bonchev–Trinajstić information content (AvgIpc) is 2.78. The van der Waals surface area contributed by atoms with Gasteiger partial charge in [-0.2, -0.15) is 0 Å². The second-order valence-corrected chi connectivity index (χ2v) is 9.58. The third-order valence-electron chi connectivity index (χ3n) is 6.87. The van der Waals surface area contributed by atoms with E-state index in [2.05, 4.69) is 13.8 Å². The Hall–Kier alpha value is -1.25. The molecule has 0 N–H and O–H groups in total. The Morgan fingerprint density at radius 1 is 0.710 bits per heavy atom. The van der Waals surface area contributed by atoms with E-state index in [1.54, 1.807) is 6.07 Å². The van der Waals surface area contributed by atoms with Crippen LogP contribution in [0, 0.1) is 17.7 Å². The Morgan fingerprint density at radius 2 is 1.29 bits per heavy atom. The van der Waals surface area contributed by atoms with Crippen LogP contribution in [0.5, 0.6) is 11.5 Å². The number of unbranched alkanes of at least 4 members (excludes halogenated alkanes) is 7. The van der Waals surface area contributed by atoms with Crippen molar-refractivity contribution in [3.63, 3.8) is 0 Å². The molecule has 178 valence electrons. The van der Waals surface area contributed by atoms with Crippen LogP contribution in [0.25, 0.3) is 0 Å². The topological polar surface area (TPSA) is 18.5 Å². The lowest BCUT2D eigenvalue weighted by molar-refractivity contribution is 0.227. The number of benzene rings is 1. The van der Waals surface area contributed by atoms with Gasteiger partial charge in [0.25, 0.3) is 0 Å². The fourth-order valence-electron chi connectivity index (χ4n) is 4.81. The van der Waals surface area contributed by atoms with Crippen molar-refractivity contribution in [1.29, 1.82) is 0 Å². The molecule has 1 saturated carbocycles. The minimum Gasteiger partial charge on any atom is -0.493 e. The van der Waals surface area contributed by atoms with Gasteiger partial charge in [-0.1, -0.05) is 97.3 Å². The lowest BCUT2D eigenvalue weighted by atomic mass is 9.78. The van der Waals surface area contributed by atoms with Crippen LogP contribution in [0.1, 0.15) is 117 Å². The summed E-state index contributed by atoms with van der Waals surface area (Å²) in [5.41, 5.74) is 0. The standard InChI is InChI=1S/C28H47FO2/c1-3-5-7-8-9-11-21-31-28-20-19-26(23-27(28)29)30-22-12-14-25-17-15-24(16-18-25)13-10-6-4-2/h19-20,23-25H,3-18,21-22H2,1-2H3/t24-,25-. The fourth-order valence-corrected chi connectivity index (χ4v) is 4.81. The van der Waals surface area contributed by atoms with Gasteiger partial charge in [0.15, 0.2) is 11.6 Å². The molecule has 2 nitrogen and oxygen atoms in total. The van der Waals surface area contributed by atoms with E-state index < -0.39 is 0 Å². The molecule has 0 aromatic heterocycles. The molecule has 1 fully saturated rings. The number of hydrogen-bond acceptors (Lipinski definition) is 2. The van der Waals surface area contributed by atoms with Gasteiger partial charge >= 0.3 is 0 Å². The molecule has 31 heavy (non-hydrogen) atoms. The largest absolute Gasteiger partial charge is 0.493 e. The van der Waals surface area contributed by atoms with Gasteiger partial charge in [-0.15, -0.1) is 0 Å². The van der Waals surface area contributed by atoms with Crippen LogP contribution in [0.4, 0.5) is 4.39 Å². The van der Waals surface area contributed by atoms with Gasteiger partial charge in [-0.3, -0.25) is 0 Å². The minimum absolute atomic E-state index is 0.315. The van der Waals surface area contributed by atoms with Crippen LogP contribution in [-0.2, 0) is 0 Å². The first-order valence-corrected chi connectivity index (χ1v) is 13.3. The molecule has 1 aliphatic rings. The summed E-state index contributed by atoms with van der Waals surface area (Å²) in [6.45, 7) is 5.77. The molecule has 0 spiro atoms. The Morgan fingerprint density at radius 3 is 1.97 bits per heavy atom.